The van der Waals surface area contributed by atoms with Crippen LogP contribution in [0.25, 0.3) is 0 Å². The Labute approximate surface area is 122 Å². The van der Waals surface area contributed by atoms with Gasteiger partial charge in [-0.3, -0.25) is 9.89 Å². The predicted octanol–water partition coefficient (Wildman–Crippen LogP) is 2.82. The Balaban J connectivity index is 2.22. The van der Waals surface area contributed by atoms with Gasteiger partial charge in [0, 0.05) is 10.6 Å². The molecule has 96 valence electrons. The number of amides is 1. The van der Waals surface area contributed by atoms with Crippen LogP contribution in [0.1, 0.15) is 22.1 Å². The molecule has 1 aromatic heterocycles. The minimum Gasteiger partial charge on any atom is -0.331 e. The van der Waals surface area contributed by atoms with Crippen molar-refractivity contribution >= 4 is 33.4 Å². The van der Waals surface area contributed by atoms with Crippen LogP contribution in [0.15, 0.2) is 34.9 Å². The molecule has 1 amide bonds. The molecule has 0 fully saturated rings. The summed E-state index contributed by atoms with van der Waals surface area (Å²) in [7, 11) is 0. The van der Waals surface area contributed by atoms with Gasteiger partial charge in [0.05, 0.1) is 16.7 Å². The Morgan fingerprint density at radius 1 is 1.53 bits per heavy atom. The van der Waals surface area contributed by atoms with Crippen molar-refractivity contribution in [1.82, 2.24) is 15.5 Å². The van der Waals surface area contributed by atoms with E-state index in [-0.39, 0.29) is 5.69 Å². The van der Waals surface area contributed by atoms with Crippen LogP contribution in [-0.2, 0) is 0 Å². The van der Waals surface area contributed by atoms with Gasteiger partial charge in [-0.25, -0.2) is 0 Å². The largest absolute Gasteiger partial charge is 0.331 e. The van der Waals surface area contributed by atoms with Crippen molar-refractivity contribution in [2.75, 3.05) is 0 Å². The normalized spacial score (nSPS) is 11.6. The van der Waals surface area contributed by atoms with Crippen LogP contribution in [-0.4, -0.2) is 16.1 Å². The number of aromatic nitrogens is 2. The van der Waals surface area contributed by atoms with Gasteiger partial charge in [0.2, 0.25) is 0 Å². The third kappa shape index (κ3) is 2.95. The molecule has 19 heavy (non-hydrogen) atoms. The summed E-state index contributed by atoms with van der Waals surface area (Å²) < 4.78 is 0.529. The maximum atomic E-state index is 12.0. The second-order valence-electron chi connectivity index (χ2n) is 3.65. The Kier molecular flexibility index (Phi) is 4.20. The average Bonchev–Trinajstić information content (AvgIpc) is 2.83. The fourth-order valence-electron chi connectivity index (χ4n) is 1.52. The highest BCUT2D eigenvalue weighted by molar-refractivity contribution is 9.10. The van der Waals surface area contributed by atoms with Crippen LogP contribution in [0.2, 0.25) is 5.02 Å². The van der Waals surface area contributed by atoms with Crippen LogP contribution in [0.3, 0.4) is 0 Å². The second kappa shape index (κ2) is 5.87. The third-order valence-electron chi connectivity index (χ3n) is 2.44. The van der Waals surface area contributed by atoms with E-state index in [0.29, 0.717) is 15.1 Å². The summed E-state index contributed by atoms with van der Waals surface area (Å²) in [4.78, 5) is 12.0. The highest BCUT2D eigenvalue weighted by atomic mass is 79.9. The smallest absolute Gasteiger partial charge is 0.271 e. The molecule has 1 aromatic carbocycles. The van der Waals surface area contributed by atoms with Crippen LogP contribution < -0.4 is 5.32 Å². The number of nitriles is 1. The van der Waals surface area contributed by atoms with Gasteiger partial charge in [0.25, 0.3) is 5.91 Å². The van der Waals surface area contributed by atoms with E-state index in [1.54, 1.807) is 24.3 Å². The van der Waals surface area contributed by atoms with E-state index in [4.69, 9.17) is 16.9 Å². The lowest BCUT2D eigenvalue weighted by Crippen LogP contribution is -2.28. The maximum Gasteiger partial charge on any atom is 0.271 e. The number of hydrogen-bond acceptors (Lipinski definition) is 3. The summed E-state index contributed by atoms with van der Waals surface area (Å²) in [6.45, 7) is 0. The van der Waals surface area contributed by atoms with Crippen LogP contribution >= 0.6 is 27.5 Å². The molecule has 0 aliphatic carbocycles. The lowest BCUT2D eigenvalue weighted by atomic mass is 10.1. The van der Waals surface area contributed by atoms with Gasteiger partial charge in [-0.1, -0.05) is 29.8 Å². The molecule has 2 N–H and O–H groups in total. The number of nitrogens with one attached hydrogen (secondary N) is 2. The van der Waals surface area contributed by atoms with E-state index < -0.39 is 11.9 Å². The fourth-order valence-corrected chi connectivity index (χ4v) is 2.14. The molecule has 0 aliphatic rings. The Hall–Kier alpha value is -1.84. The molecule has 1 heterocycles. The minimum absolute atomic E-state index is 0.257. The van der Waals surface area contributed by atoms with Crippen LogP contribution in [0.5, 0.6) is 0 Å². The molecule has 0 radical (unpaired) electrons. The van der Waals surface area contributed by atoms with Crippen molar-refractivity contribution in [3.63, 3.8) is 0 Å². The number of carbonyl (C=O) groups excluding carboxylic acids is 1. The molecular formula is C12H8BrClN4O. The Bertz CT molecular complexity index is 649. The second-order valence-corrected chi connectivity index (χ2v) is 4.91. The SMILES string of the molecule is N#CC(NC(=O)c1[nH]ncc1Br)c1ccccc1Cl. The summed E-state index contributed by atoms with van der Waals surface area (Å²) >= 11 is 9.19. The lowest BCUT2D eigenvalue weighted by molar-refractivity contribution is 0.0939. The Morgan fingerprint density at radius 2 is 2.26 bits per heavy atom. The number of benzene rings is 1. The molecule has 1 unspecified atom stereocenters. The summed E-state index contributed by atoms with van der Waals surface area (Å²) in [5.41, 5.74) is 0.808. The van der Waals surface area contributed by atoms with Crippen molar-refractivity contribution < 1.29 is 4.79 Å². The predicted molar refractivity (Wildman–Crippen MR) is 73.6 cm³/mol. The average molecular weight is 340 g/mol. The van der Waals surface area contributed by atoms with E-state index in [1.807, 2.05) is 6.07 Å². The zero-order valence-electron chi connectivity index (χ0n) is 9.52. The number of hydrogen-bond donors (Lipinski definition) is 2. The summed E-state index contributed by atoms with van der Waals surface area (Å²) in [6.07, 6.45) is 1.46. The van der Waals surface area contributed by atoms with E-state index in [0.717, 1.165) is 0 Å². The van der Waals surface area contributed by atoms with Crippen LogP contribution in [0, 0.1) is 11.3 Å². The molecule has 0 saturated carbocycles. The number of halogens is 2. The van der Waals surface area contributed by atoms with Crippen molar-refractivity contribution in [3.8, 4) is 6.07 Å². The van der Waals surface area contributed by atoms with Gasteiger partial charge < -0.3 is 5.32 Å². The van der Waals surface area contributed by atoms with E-state index >= 15 is 0 Å². The summed E-state index contributed by atoms with van der Waals surface area (Å²) in [6, 6.07) is 8.05. The molecule has 5 nitrogen and oxygen atoms in total. The molecule has 0 spiro atoms. The number of nitrogens with zero attached hydrogens (tertiary/aromatic N) is 2. The molecule has 0 bridgehead atoms. The van der Waals surface area contributed by atoms with Gasteiger partial charge >= 0.3 is 0 Å². The molecule has 7 heteroatoms. The summed E-state index contributed by atoms with van der Waals surface area (Å²) in [5.74, 6) is -0.434. The van der Waals surface area contributed by atoms with Crippen LogP contribution in [0.4, 0.5) is 0 Å². The highest BCUT2D eigenvalue weighted by Crippen LogP contribution is 2.23. The number of carbonyl (C=O) groups is 1. The van der Waals surface area contributed by atoms with Gasteiger partial charge in [0.15, 0.2) is 0 Å². The van der Waals surface area contributed by atoms with Crippen molar-refractivity contribution in [2.45, 2.75) is 6.04 Å². The van der Waals surface area contributed by atoms with Gasteiger partial charge in [-0.15, -0.1) is 0 Å². The quantitative estimate of drug-likeness (QED) is 0.902. The van der Waals surface area contributed by atoms with Gasteiger partial charge in [-0.2, -0.15) is 10.4 Å². The first-order valence-corrected chi connectivity index (χ1v) is 6.44. The molecule has 2 rings (SSSR count). The van der Waals surface area contributed by atoms with Crippen molar-refractivity contribution in [3.05, 3.63) is 51.2 Å². The molecule has 0 aliphatic heterocycles. The first-order valence-electron chi connectivity index (χ1n) is 5.27. The topological polar surface area (TPSA) is 81.6 Å². The van der Waals surface area contributed by atoms with Crippen molar-refractivity contribution in [1.29, 1.82) is 5.26 Å². The molecule has 1 atom stereocenters. The number of aromatic amines is 1. The van der Waals surface area contributed by atoms with E-state index in [9.17, 15) is 4.79 Å². The standard InChI is InChI=1S/C12H8BrClN4O/c13-8-6-16-18-11(8)12(19)17-10(5-15)7-3-1-2-4-9(7)14/h1-4,6,10H,(H,16,18)(H,17,19). The number of rotatable bonds is 3. The molecular weight excluding hydrogens is 332 g/mol. The first kappa shape index (κ1) is 13.6. The van der Waals surface area contributed by atoms with Crippen molar-refractivity contribution in [2.24, 2.45) is 0 Å². The van der Waals surface area contributed by atoms with Gasteiger partial charge in [-0.05, 0) is 22.0 Å². The third-order valence-corrected chi connectivity index (χ3v) is 3.39. The highest BCUT2D eigenvalue weighted by Gasteiger charge is 2.19. The maximum absolute atomic E-state index is 12.0. The number of H-pyrrole nitrogens is 1. The van der Waals surface area contributed by atoms with E-state index in [1.165, 1.54) is 6.20 Å². The van der Waals surface area contributed by atoms with Gasteiger partial charge in [0.1, 0.15) is 11.7 Å². The Morgan fingerprint density at radius 3 is 2.84 bits per heavy atom. The zero-order valence-corrected chi connectivity index (χ0v) is 11.9. The molecule has 2 aromatic rings. The summed E-state index contributed by atoms with van der Waals surface area (Å²) in [5, 5.41) is 18.4. The molecule has 0 saturated heterocycles. The van der Waals surface area contributed by atoms with E-state index in [2.05, 4.69) is 31.4 Å². The fraction of sp³-hybridized carbons (Fsp3) is 0.0833. The minimum atomic E-state index is -0.823. The first-order chi connectivity index (χ1) is 9.13. The zero-order chi connectivity index (χ0) is 13.8. The monoisotopic (exact) mass is 338 g/mol. The lowest BCUT2D eigenvalue weighted by Gasteiger charge is -2.12.